The van der Waals surface area contributed by atoms with Crippen molar-refractivity contribution in [1.82, 2.24) is 4.90 Å². The number of aliphatic hydroxyl groups is 1. The van der Waals surface area contributed by atoms with Crippen LogP contribution in [0, 0.1) is 6.92 Å². The Balaban J connectivity index is 1.83. The van der Waals surface area contributed by atoms with Gasteiger partial charge in [-0.1, -0.05) is 42.0 Å². The molecule has 2 aliphatic heterocycles. The van der Waals surface area contributed by atoms with Crippen molar-refractivity contribution < 1.29 is 24.2 Å². The number of rotatable bonds is 5. The van der Waals surface area contributed by atoms with Gasteiger partial charge in [0.05, 0.1) is 24.8 Å². The predicted molar refractivity (Wildman–Crippen MR) is 112 cm³/mol. The molecule has 2 aliphatic rings. The summed E-state index contributed by atoms with van der Waals surface area (Å²) in [6.45, 7) is 2.93. The molecular weight excluding hydrogens is 382 g/mol. The van der Waals surface area contributed by atoms with Gasteiger partial charge in [-0.3, -0.25) is 9.59 Å². The Bertz CT molecular complexity index is 1010. The topological polar surface area (TPSA) is 76.1 Å². The minimum Gasteiger partial charge on any atom is -0.507 e. The maximum atomic E-state index is 13.0. The lowest BCUT2D eigenvalue weighted by Gasteiger charge is -2.27. The molecule has 0 bridgehead atoms. The number of nitrogens with zero attached hydrogens (tertiary/aromatic N) is 1. The van der Waals surface area contributed by atoms with Crippen LogP contribution in [0.15, 0.2) is 54.1 Å². The number of Topliss-reactive ketones (excluding diaryl/α,β-unsaturated/α-hetero) is 1. The maximum Gasteiger partial charge on any atom is 0.295 e. The molecule has 2 unspecified atom stereocenters. The molecule has 0 aliphatic carbocycles. The number of hydrogen-bond acceptors (Lipinski definition) is 5. The number of ketones is 1. The Kier molecular flexibility index (Phi) is 5.59. The molecule has 30 heavy (non-hydrogen) atoms. The molecule has 0 spiro atoms. The zero-order valence-corrected chi connectivity index (χ0v) is 17.1. The van der Waals surface area contributed by atoms with Gasteiger partial charge in [0.25, 0.3) is 11.7 Å². The molecule has 0 radical (unpaired) electrons. The quantitative estimate of drug-likeness (QED) is 0.466. The van der Waals surface area contributed by atoms with E-state index >= 15 is 0 Å². The van der Waals surface area contributed by atoms with Crippen molar-refractivity contribution >= 4 is 17.4 Å². The third-order valence-corrected chi connectivity index (χ3v) is 5.67. The van der Waals surface area contributed by atoms with Crippen LogP contribution in [0.2, 0.25) is 0 Å². The first-order chi connectivity index (χ1) is 14.5. The van der Waals surface area contributed by atoms with E-state index in [9.17, 15) is 14.7 Å². The zero-order valence-electron chi connectivity index (χ0n) is 17.1. The Labute approximate surface area is 175 Å². The van der Waals surface area contributed by atoms with Crippen LogP contribution < -0.4 is 4.74 Å². The van der Waals surface area contributed by atoms with Crippen molar-refractivity contribution in [1.29, 1.82) is 0 Å². The third-order valence-electron chi connectivity index (χ3n) is 5.67. The van der Waals surface area contributed by atoms with E-state index in [1.807, 2.05) is 31.2 Å². The third kappa shape index (κ3) is 3.71. The zero-order chi connectivity index (χ0) is 21.3. The fourth-order valence-corrected chi connectivity index (χ4v) is 4.19. The van der Waals surface area contributed by atoms with Crippen LogP contribution in [0.4, 0.5) is 0 Å². The molecule has 1 N–H and O–H groups in total. The average Bonchev–Trinajstić information content (AvgIpc) is 3.35. The standard InChI is InChI=1S/C24H25NO5/c1-15-6-3-7-16(12-15)21-20(22(26)17-8-4-9-18(13-17)29-2)23(27)24(28)25(21)14-19-10-5-11-30-19/h3-4,6-9,12-13,19,21,26H,5,10-11,14H2,1-2H3/b22-20-. The summed E-state index contributed by atoms with van der Waals surface area (Å²) in [7, 11) is 1.53. The Morgan fingerprint density at radius 3 is 2.70 bits per heavy atom. The summed E-state index contributed by atoms with van der Waals surface area (Å²) in [5.74, 6) is -0.936. The first-order valence-electron chi connectivity index (χ1n) is 10.1. The number of ether oxygens (including phenoxy) is 2. The van der Waals surface area contributed by atoms with Crippen molar-refractivity contribution in [3.8, 4) is 5.75 Å². The van der Waals surface area contributed by atoms with Gasteiger partial charge >= 0.3 is 0 Å². The van der Waals surface area contributed by atoms with E-state index in [1.54, 1.807) is 29.2 Å². The first kappa shape index (κ1) is 20.2. The monoisotopic (exact) mass is 407 g/mol. The van der Waals surface area contributed by atoms with Crippen LogP contribution >= 0.6 is 0 Å². The molecule has 2 saturated heterocycles. The smallest absolute Gasteiger partial charge is 0.295 e. The number of carbonyl (C=O) groups is 2. The highest BCUT2D eigenvalue weighted by atomic mass is 16.5. The number of aliphatic hydroxyl groups excluding tert-OH is 1. The van der Waals surface area contributed by atoms with E-state index in [1.165, 1.54) is 7.11 Å². The highest BCUT2D eigenvalue weighted by Crippen LogP contribution is 2.40. The average molecular weight is 407 g/mol. The first-order valence-corrected chi connectivity index (χ1v) is 10.1. The predicted octanol–water partition coefficient (Wildman–Crippen LogP) is 3.60. The molecule has 2 aromatic rings. The second kappa shape index (κ2) is 8.32. The SMILES string of the molecule is COc1cccc(/C(O)=C2/C(=O)C(=O)N(CC3CCCO3)C2c2cccc(C)c2)c1. The largest absolute Gasteiger partial charge is 0.507 e. The Morgan fingerprint density at radius 1 is 1.20 bits per heavy atom. The summed E-state index contributed by atoms with van der Waals surface area (Å²) in [6.07, 6.45) is 1.68. The van der Waals surface area contributed by atoms with Gasteiger partial charge in [-0.15, -0.1) is 0 Å². The van der Waals surface area contributed by atoms with E-state index in [4.69, 9.17) is 9.47 Å². The van der Waals surface area contributed by atoms with Crippen molar-refractivity contribution in [2.75, 3.05) is 20.3 Å². The minimum absolute atomic E-state index is 0.0943. The number of benzene rings is 2. The number of amides is 1. The van der Waals surface area contributed by atoms with E-state index in [0.29, 0.717) is 24.5 Å². The van der Waals surface area contributed by atoms with Gasteiger partial charge in [-0.25, -0.2) is 0 Å². The Morgan fingerprint density at radius 2 is 2.00 bits per heavy atom. The van der Waals surface area contributed by atoms with E-state index in [-0.39, 0.29) is 17.4 Å². The van der Waals surface area contributed by atoms with Crippen molar-refractivity contribution in [3.05, 3.63) is 70.8 Å². The van der Waals surface area contributed by atoms with Crippen LogP contribution in [0.5, 0.6) is 5.75 Å². The van der Waals surface area contributed by atoms with Gasteiger partial charge < -0.3 is 19.5 Å². The highest BCUT2D eigenvalue weighted by Gasteiger charge is 2.47. The number of aryl methyl sites for hydroxylation is 1. The van der Waals surface area contributed by atoms with Gasteiger partial charge in [0.2, 0.25) is 0 Å². The fourth-order valence-electron chi connectivity index (χ4n) is 4.19. The summed E-state index contributed by atoms with van der Waals surface area (Å²) < 4.78 is 11.0. The van der Waals surface area contributed by atoms with E-state index < -0.39 is 17.7 Å². The molecular formula is C24H25NO5. The van der Waals surface area contributed by atoms with Crippen LogP contribution in [0.1, 0.15) is 35.6 Å². The lowest BCUT2D eigenvalue weighted by molar-refractivity contribution is -0.140. The summed E-state index contributed by atoms with van der Waals surface area (Å²) >= 11 is 0. The van der Waals surface area contributed by atoms with Gasteiger partial charge in [-0.2, -0.15) is 0 Å². The number of methoxy groups -OCH3 is 1. The number of carbonyl (C=O) groups excluding carboxylic acids is 2. The molecule has 6 heteroatoms. The maximum absolute atomic E-state index is 13.0. The molecule has 2 fully saturated rings. The van der Waals surface area contributed by atoms with Crippen molar-refractivity contribution in [3.63, 3.8) is 0 Å². The van der Waals surface area contributed by atoms with Crippen LogP contribution in [-0.4, -0.2) is 48.1 Å². The normalized spacial score (nSPS) is 23.2. The lowest BCUT2D eigenvalue weighted by Crippen LogP contribution is -2.36. The van der Waals surface area contributed by atoms with Gasteiger partial charge in [-0.05, 0) is 37.5 Å². The molecule has 2 heterocycles. The van der Waals surface area contributed by atoms with Crippen LogP contribution in [-0.2, 0) is 14.3 Å². The highest BCUT2D eigenvalue weighted by molar-refractivity contribution is 6.46. The van der Waals surface area contributed by atoms with E-state index in [2.05, 4.69) is 0 Å². The second-order valence-corrected chi connectivity index (χ2v) is 7.73. The molecule has 2 atom stereocenters. The minimum atomic E-state index is -0.681. The fraction of sp³-hybridized carbons (Fsp3) is 0.333. The van der Waals surface area contributed by atoms with Gasteiger partial charge in [0, 0.05) is 18.7 Å². The second-order valence-electron chi connectivity index (χ2n) is 7.73. The summed E-state index contributed by atoms with van der Waals surface area (Å²) in [4.78, 5) is 27.6. The van der Waals surface area contributed by atoms with Crippen LogP contribution in [0.25, 0.3) is 5.76 Å². The van der Waals surface area contributed by atoms with Gasteiger partial charge in [0.1, 0.15) is 11.5 Å². The number of likely N-dealkylation sites (tertiary alicyclic amines) is 1. The molecule has 4 rings (SSSR count). The molecule has 0 saturated carbocycles. The molecule has 1 amide bonds. The molecule has 156 valence electrons. The van der Waals surface area contributed by atoms with Gasteiger partial charge in [0.15, 0.2) is 0 Å². The Hall–Kier alpha value is -3.12. The van der Waals surface area contributed by atoms with Crippen molar-refractivity contribution in [2.45, 2.75) is 31.9 Å². The van der Waals surface area contributed by atoms with E-state index in [0.717, 1.165) is 24.0 Å². The summed E-state index contributed by atoms with van der Waals surface area (Å²) in [5, 5.41) is 11.1. The summed E-state index contributed by atoms with van der Waals surface area (Å²) in [6, 6.07) is 13.8. The number of hydrogen-bond donors (Lipinski definition) is 1. The molecule has 0 aromatic heterocycles. The summed E-state index contributed by atoms with van der Waals surface area (Å²) in [5.41, 5.74) is 2.33. The van der Waals surface area contributed by atoms with Crippen LogP contribution in [0.3, 0.4) is 0 Å². The molecule has 6 nitrogen and oxygen atoms in total. The van der Waals surface area contributed by atoms with Crippen molar-refractivity contribution in [2.24, 2.45) is 0 Å². The lowest BCUT2D eigenvalue weighted by atomic mass is 9.94. The molecule has 2 aromatic carbocycles.